The number of nitrogens with one attached hydrogen (secondary N) is 9. The SMILES string of the molecule is C.CCCC(N)C(O)C(=O)NCC(=O)N[C@H](C(=O)OC(C)(C)C)c1ccccc1.CCCC(NC(=O)[C@@H]1Cc2cccc(c2)C=CCCCCCC(=O)N[C@@H](C2CCCCC2)C(=O)N1)C(O)C(=O)NCC(=O)N[C@H](C(=O)OC(C)(C)C)c1ccccc1.Cl.O=C1CCCCCC=Cc2cccc(c2)C[C@@H](C(=O)O)NC(=O)[C@H](C2CCCCC2)N1. The van der Waals surface area contributed by atoms with Crippen LogP contribution in [0.2, 0.25) is 0 Å². The van der Waals surface area contributed by atoms with Gasteiger partial charge >= 0.3 is 17.9 Å². The zero-order valence-corrected chi connectivity index (χ0v) is 70.8. The molecule has 0 spiro atoms. The van der Waals surface area contributed by atoms with Crippen LogP contribution in [-0.2, 0) is 79.8 Å². The summed E-state index contributed by atoms with van der Waals surface area (Å²) >= 11 is 0. The summed E-state index contributed by atoms with van der Waals surface area (Å²) in [5, 5.41) is 55.2. The summed E-state index contributed by atoms with van der Waals surface area (Å²) in [6.07, 6.45) is 24.6. The minimum absolute atomic E-state index is 0. The van der Waals surface area contributed by atoms with Crippen molar-refractivity contribution in [3.63, 3.8) is 0 Å². The van der Waals surface area contributed by atoms with E-state index in [0.29, 0.717) is 43.2 Å². The van der Waals surface area contributed by atoms with E-state index in [1.165, 1.54) is 0 Å². The molecule has 28 heteroatoms. The summed E-state index contributed by atoms with van der Waals surface area (Å²) in [5.74, 6) is -7.03. The Hall–Kier alpha value is -9.83. The van der Waals surface area contributed by atoms with E-state index in [1.54, 1.807) is 102 Å². The largest absolute Gasteiger partial charge is 0.480 e. The van der Waals surface area contributed by atoms with E-state index < -0.39 is 138 Å². The van der Waals surface area contributed by atoms with Crippen molar-refractivity contribution in [1.82, 2.24) is 47.9 Å². The van der Waals surface area contributed by atoms with E-state index >= 15 is 0 Å². The second kappa shape index (κ2) is 53.0. The summed E-state index contributed by atoms with van der Waals surface area (Å²) in [4.78, 5) is 155. The lowest BCUT2D eigenvalue weighted by molar-refractivity contribution is -0.159. The predicted octanol–water partition coefficient (Wildman–Crippen LogP) is 10.4. The fourth-order valence-corrected chi connectivity index (χ4v) is 14.5. The molecule has 4 aromatic carbocycles. The number of aliphatic hydroxyl groups excluding tert-OH is 2. The lowest BCUT2D eigenvalue weighted by atomic mass is 9.83. The molecular formula is C91H133ClN10O17. The highest BCUT2D eigenvalue weighted by atomic mass is 35.5. The van der Waals surface area contributed by atoms with Crippen molar-refractivity contribution in [2.45, 2.75) is 302 Å². The lowest BCUT2D eigenvalue weighted by Crippen LogP contribution is -2.59. The maximum Gasteiger partial charge on any atom is 0.333 e. The molecule has 27 nitrogen and oxygen atoms in total. The van der Waals surface area contributed by atoms with Gasteiger partial charge in [-0.2, -0.15) is 0 Å². The quantitative estimate of drug-likeness (QED) is 0.0307. The number of allylic oxidation sites excluding steroid dienone is 2. The molecule has 14 N–H and O–H groups in total. The molecule has 8 rings (SSSR count). The van der Waals surface area contributed by atoms with Gasteiger partial charge in [0.25, 0.3) is 11.8 Å². The van der Waals surface area contributed by atoms with Crippen LogP contribution in [0.3, 0.4) is 0 Å². The summed E-state index contributed by atoms with van der Waals surface area (Å²) < 4.78 is 10.9. The molecule has 0 saturated heterocycles. The van der Waals surface area contributed by atoms with Gasteiger partial charge in [-0.15, -0.1) is 12.4 Å². The fraction of sp³-hybridized carbons (Fsp3) is 0.560. The van der Waals surface area contributed by atoms with E-state index in [2.05, 4.69) is 60.0 Å². The number of amides is 9. The molecule has 4 aliphatic rings. The zero-order valence-electron chi connectivity index (χ0n) is 70.0. The molecule has 4 bridgehead atoms. The van der Waals surface area contributed by atoms with Gasteiger partial charge in [0.2, 0.25) is 41.4 Å². The van der Waals surface area contributed by atoms with Crippen LogP contribution < -0.4 is 53.6 Å². The van der Waals surface area contributed by atoms with Crippen LogP contribution in [0, 0.1) is 11.8 Å². The molecule has 4 unspecified atom stereocenters. The summed E-state index contributed by atoms with van der Waals surface area (Å²) in [6.45, 7) is 13.1. The van der Waals surface area contributed by atoms with Gasteiger partial charge in [-0.1, -0.05) is 219 Å². The first-order valence-corrected chi connectivity index (χ1v) is 41.9. The minimum Gasteiger partial charge on any atom is -0.480 e. The second-order valence-electron chi connectivity index (χ2n) is 32.8. The van der Waals surface area contributed by atoms with Crippen LogP contribution in [0.1, 0.15) is 262 Å². The zero-order chi connectivity index (χ0) is 85.5. The van der Waals surface area contributed by atoms with Gasteiger partial charge in [0.05, 0.1) is 19.1 Å². The first-order valence-electron chi connectivity index (χ1n) is 41.9. The number of hydrogen-bond donors (Lipinski definition) is 13. The van der Waals surface area contributed by atoms with Crippen LogP contribution in [0.5, 0.6) is 0 Å². The second-order valence-corrected chi connectivity index (χ2v) is 32.8. The number of hydrogen-bond acceptors (Lipinski definition) is 17. The predicted molar refractivity (Wildman–Crippen MR) is 461 cm³/mol. The number of fused-ring (bicyclic) bond motifs is 4. The average molecular weight is 1670 g/mol. The number of ether oxygens (including phenoxy) is 2. The number of carbonyl (C=O) groups excluding carboxylic acids is 11. The minimum atomic E-state index is -1.75. The number of rotatable bonds is 23. The van der Waals surface area contributed by atoms with E-state index in [-0.39, 0.29) is 68.7 Å². The van der Waals surface area contributed by atoms with Crippen LogP contribution >= 0.6 is 12.4 Å². The topological polar surface area (TPSA) is 418 Å². The van der Waals surface area contributed by atoms with Gasteiger partial charge in [-0.25, -0.2) is 14.4 Å². The third-order valence-corrected chi connectivity index (χ3v) is 20.5. The fourth-order valence-electron chi connectivity index (χ4n) is 14.5. The van der Waals surface area contributed by atoms with Gasteiger partial charge < -0.3 is 78.4 Å². The number of aliphatic hydroxyl groups is 2. The third-order valence-electron chi connectivity index (χ3n) is 20.5. The molecule has 0 aromatic heterocycles. The molecule has 2 heterocycles. The third kappa shape index (κ3) is 37.6. The number of esters is 2. The van der Waals surface area contributed by atoms with E-state index in [9.17, 15) is 72.9 Å². The van der Waals surface area contributed by atoms with Crippen molar-refractivity contribution in [3.05, 3.63) is 155 Å². The molecule has 2 saturated carbocycles. The number of benzene rings is 4. The Balaban J connectivity index is 0.000000411. The monoisotopic (exact) mass is 1670 g/mol. The maximum atomic E-state index is 14.2. The van der Waals surface area contributed by atoms with Crippen molar-refractivity contribution >= 4 is 95.6 Å². The molecule has 119 heavy (non-hydrogen) atoms. The first kappa shape index (κ1) is 102. The van der Waals surface area contributed by atoms with E-state index in [1.807, 2.05) is 74.5 Å². The Morgan fingerprint density at radius 1 is 0.496 bits per heavy atom. The van der Waals surface area contributed by atoms with Crippen molar-refractivity contribution < 1.29 is 82.3 Å². The summed E-state index contributed by atoms with van der Waals surface area (Å²) in [5.41, 5.74) is 8.86. The maximum absolute atomic E-state index is 14.2. The Morgan fingerprint density at radius 3 is 1.29 bits per heavy atom. The van der Waals surface area contributed by atoms with Gasteiger partial charge in [0.1, 0.15) is 41.5 Å². The summed E-state index contributed by atoms with van der Waals surface area (Å²) in [7, 11) is 0. The van der Waals surface area contributed by atoms with Gasteiger partial charge in [0.15, 0.2) is 18.2 Å². The molecule has 9 amide bonds. The molecule has 656 valence electrons. The molecule has 10 atom stereocenters. The highest BCUT2D eigenvalue weighted by molar-refractivity contribution is 5.95. The van der Waals surface area contributed by atoms with Gasteiger partial charge in [-0.05, 0) is 164 Å². The van der Waals surface area contributed by atoms with Crippen molar-refractivity contribution in [2.75, 3.05) is 13.1 Å². The van der Waals surface area contributed by atoms with E-state index in [0.717, 1.165) is 138 Å². The van der Waals surface area contributed by atoms with Crippen molar-refractivity contribution in [2.24, 2.45) is 17.6 Å². The van der Waals surface area contributed by atoms with Crippen LogP contribution in [0.15, 0.2) is 121 Å². The number of carboxylic acids is 1. The van der Waals surface area contributed by atoms with Crippen LogP contribution in [-0.4, -0.2) is 159 Å². The van der Waals surface area contributed by atoms with E-state index in [4.69, 9.17) is 15.2 Å². The van der Waals surface area contributed by atoms with Crippen molar-refractivity contribution in [3.8, 4) is 0 Å². The Bertz CT molecular complexity index is 3930. The van der Waals surface area contributed by atoms with Crippen LogP contribution in [0.25, 0.3) is 12.2 Å². The highest BCUT2D eigenvalue weighted by Crippen LogP contribution is 2.30. The molecule has 2 aliphatic carbocycles. The Morgan fingerprint density at radius 2 is 0.891 bits per heavy atom. The molecule has 2 aliphatic heterocycles. The normalized spacial score (nSPS) is 19.7. The molecule has 4 aromatic rings. The van der Waals surface area contributed by atoms with Crippen LogP contribution in [0.4, 0.5) is 0 Å². The summed E-state index contributed by atoms with van der Waals surface area (Å²) in [6, 6.07) is 25.1. The average Bonchev–Trinajstić information content (AvgIpc) is 1.21. The first-order chi connectivity index (χ1) is 55.8. The lowest BCUT2D eigenvalue weighted by Gasteiger charge is -2.32. The smallest absolute Gasteiger partial charge is 0.333 e. The Kier molecular flexibility index (Phi) is 45.2. The highest BCUT2D eigenvalue weighted by Gasteiger charge is 2.38. The van der Waals surface area contributed by atoms with Gasteiger partial charge in [0, 0.05) is 31.7 Å². The number of aliphatic carboxylic acids is 1. The molecule has 0 radical (unpaired) electrons. The molecular weight excluding hydrogens is 1540 g/mol. The standard InChI is InChI=1S/C45H63N5O8.C25H34N2O4.C20H31N3O5.CH4.ClH/c1-5-18-34(40(53)43(56)46-29-37(52)50-39(33-24-14-10-15-25-33)44(57)58-45(2,3)4)47-41(54)35-28-31-21-17-20-30(27-31)19-11-7-6-8-16-26-36(51)49-38(42(55)48-35)32-22-12-9-13-23-32;28-22-15-8-3-1-2-5-10-18-11-9-12-19(16-18)17-21(25(30)31)26-24(29)23(27-22)20-13-6-4-7-14-20;1-5-9-14(21)17(25)18(26)22-12-15(24)23-16(13-10-7-6-8-11-13)19(27)28-20(2,3)4;;/h10-11,14-15,17,19-21,24-25,27,32,34-35,38-40,53H,5-9,12-13,16,18,22-23,26,28-29H2,1-4H3,(H,46,56)(H,47,54)(H,48,55)(H,49,51)(H,50,52);5,9-12,16,20-21,23H,1-4,6-8,13-15,17H2,(H,26,29)(H,27,28)(H,30,31);6-8,10-11,14,16-17,25H,5,9,12,21H2,1-4H3,(H,22,26)(H,23,24);1H4;1H/t34?,35-,38-,39-,40?;21-,23-;14?,16-,17?;;/m000../s1. The van der Waals surface area contributed by atoms with Gasteiger partial charge in [-0.3, -0.25) is 43.2 Å². The number of carboxylic acid groups (broad SMARTS) is 1. The number of carbonyl (C=O) groups is 12. The molecule has 2 fully saturated rings. The van der Waals surface area contributed by atoms with Crippen molar-refractivity contribution in [1.29, 1.82) is 0 Å². The number of halogens is 1. The number of nitrogens with two attached hydrogens (primary N) is 1. The Labute approximate surface area is 709 Å².